The summed E-state index contributed by atoms with van der Waals surface area (Å²) in [5.41, 5.74) is 1.56. The van der Waals surface area contributed by atoms with Crippen molar-refractivity contribution in [3.8, 4) is 0 Å². The summed E-state index contributed by atoms with van der Waals surface area (Å²) in [6.07, 6.45) is 7.81. The first kappa shape index (κ1) is 14.9. The molecule has 0 radical (unpaired) electrons. The van der Waals surface area contributed by atoms with Crippen LogP contribution in [0.15, 0.2) is 29.2 Å². The third kappa shape index (κ3) is 4.54. The Morgan fingerprint density at radius 1 is 1.21 bits per heavy atom. The number of thioether (sulfide) groups is 1. The van der Waals surface area contributed by atoms with Gasteiger partial charge in [-0.2, -0.15) is 0 Å². The second kappa shape index (κ2) is 7.96. The predicted molar refractivity (Wildman–Crippen MR) is 86.0 cm³/mol. The summed E-state index contributed by atoms with van der Waals surface area (Å²) in [7, 11) is 0. The van der Waals surface area contributed by atoms with E-state index in [-0.39, 0.29) is 0 Å². The molecule has 1 aromatic carbocycles. The Hall–Kier alpha value is -0.470. The Morgan fingerprint density at radius 3 is 2.79 bits per heavy atom. The van der Waals surface area contributed by atoms with Crippen LogP contribution in [-0.4, -0.2) is 17.8 Å². The van der Waals surface area contributed by atoms with Crippen molar-refractivity contribution in [2.45, 2.75) is 68.6 Å². The molecule has 1 aromatic rings. The molecule has 0 aliphatic carbocycles. The van der Waals surface area contributed by atoms with Crippen LogP contribution in [0.1, 0.15) is 51.5 Å². The lowest BCUT2D eigenvalue weighted by Gasteiger charge is -2.19. The van der Waals surface area contributed by atoms with Crippen molar-refractivity contribution in [3.05, 3.63) is 29.8 Å². The topological polar surface area (TPSA) is 12.0 Å². The standard InChI is InChI=1S/C17H27NS/c1-3-7-15(18-12-4-2)10-11-16-13-14-8-5-6-9-17(14)19-16/h5-6,8-9,15-16,18H,3-4,7,10-13H2,1-2H3. The highest BCUT2D eigenvalue weighted by Crippen LogP contribution is 2.38. The second-order valence-corrected chi connectivity index (χ2v) is 6.91. The lowest BCUT2D eigenvalue weighted by molar-refractivity contribution is 0.435. The normalized spacial score (nSPS) is 19.4. The van der Waals surface area contributed by atoms with Crippen LogP contribution in [0.3, 0.4) is 0 Å². The molecule has 0 fully saturated rings. The van der Waals surface area contributed by atoms with Crippen LogP contribution in [0.5, 0.6) is 0 Å². The molecule has 1 heterocycles. The first-order valence-corrected chi connectivity index (χ1v) is 8.69. The Morgan fingerprint density at radius 2 is 2.05 bits per heavy atom. The van der Waals surface area contributed by atoms with Crippen LogP contribution in [0, 0.1) is 0 Å². The lowest BCUT2D eigenvalue weighted by Crippen LogP contribution is -2.30. The van der Waals surface area contributed by atoms with Gasteiger partial charge in [-0.3, -0.25) is 0 Å². The van der Waals surface area contributed by atoms with Gasteiger partial charge in [-0.15, -0.1) is 11.8 Å². The highest BCUT2D eigenvalue weighted by atomic mass is 32.2. The summed E-state index contributed by atoms with van der Waals surface area (Å²) >= 11 is 2.09. The van der Waals surface area contributed by atoms with Crippen molar-refractivity contribution < 1.29 is 0 Å². The number of nitrogens with one attached hydrogen (secondary N) is 1. The fraction of sp³-hybridized carbons (Fsp3) is 0.647. The molecule has 0 spiro atoms. The van der Waals surface area contributed by atoms with Crippen molar-refractivity contribution in [2.75, 3.05) is 6.54 Å². The molecule has 1 aliphatic heterocycles. The van der Waals surface area contributed by atoms with Gasteiger partial charge in [0.2, 0.25) is 0 Å². The summed E-state index contributed by atoms with van der Waals surface area (Å²) < 4.78 is 0. The van der Waals surface area contributed by atoms with E-state index in [4.69, 9.17) is 0 Å². The average molecular weight is 277 g/mol. The van der Waals surface area contributed by atoms with Crippen LogP contribution in [0.4, 0.5) is 0 Å². The first-order valence-electron chi connectivity index (χ1n) is 7.81. The number of benzene rings is 1. The van der Waals surface area contributed by atoms with Crippen LogP contribution < -0.4 is 5.32 Å². The fourth-order valence-corrected chi connectivity index (χ4v) is 4.18. The van der Waals surface area contributed by atoms with Crippen molar-refractivity contribution >= 4 is 11.8 Å². The molecule has 19 heavy (non-hydrogen) atoms. The van der Waals surface area contributed by atoms with Crippen LogP contribution in [0.25, 0.3) is 0 Å². The van der Waals surface area contributed by atoms with E-state index in [1.54, 1.807) is 5.56 Å². The maximum Gasteiger partial charge on any atom is 0.0136 e. The third-order valence-corrected chi connectivity index (χ3v) is 5.26. The Bertz CT molecular complexity index is 352. The van der Waals surface area contributed by atoms with Crippen molar-refractivity contribution in [1.82, 2.24) is 5.32 Å². The van der Waals surface area contributed by atoms with E-state index in [0.717, 1.165) is 11.3 Å². The largest absolute Gasteiger partial charge is 0.314 e. The molecule has 0 saturated carbocycles. The lowest BCUT2D eigenvalue weighted by atomic mass is 10.0. The third-order valence-electron chi connectivity index (χ3n) is 3.87. The molecule has 1 N–H and O–H groups in total. The van der Waals surface area contributed by atoms with E-state index < -0.39 is 0 Å². The zero-order chi connectivity index (χ0) is 13.5. The minimum Gasteiger partial charge on any atom is -0.314 e. The van der Waals surface area contributed by atoms with Crippen LogP contribution in [0.2, 0.25) is 0 Å². The van der Waals surface area contributed by atoms with Gasteiger partial charge in [-0.05, 0) is 50.3 Å². The van der Waals surface area contributed by atoms with Crippen LogP contribution >= 0.6 is 11.8 Å². The number of hydrogen-bond donors (Lipinski definition) is 1. The molecule has 0 bridgehead atoms. The summed E-state index contributed by atoms with van der Waals surface area (Å²) in [6, 6.07) is 9.63. The van der Waals surface area contributed by atoms with Crippen molar-refractivity contribution in [1.29, 1.82) is 0 Å². The predicted octanol–water partition coefficient (Wildman–Crippen LogP) is 4.65. The van der Waals surface area contributed by atoms with Gasteiger partial charge in [-0.1, -0.05) is 38.5 Å². The van der Waals surface area contributed by atoms with Gasteiger partial charge in [-0.25, -0.2) is 0 Å². The van der Waals surface area contributed by atoms with Gasteiger partial charge >= 0.3 is 0 Å². The second-order valence-electron chi connectivity index (χ2n) is 5.57. The summed E-state index contributed by atoms with van der Waals surface area (Å²) in [6.45, 7) is 5.71. The van der Waals surface area contributed by atoms with E-state index in [0.29, 0.717) is 0 Å². The number of rotatable bonds is 8. The molecular weight excluding hydrogens is 250 g/mol. The van der Waals surface area contributed by atoms with Gasteiger partial charge in [0.15, 0.2) is 0 Å². The van der Waals surface area contributed by atoms with Crippen LogP contribution in [-0.2, 0) is 6.42 Å². The molecule has 1 aliphatic rings. The zero-order valence-corrected chi connectivity index (χ0v) is 13.1. The molecule has 2 atom stereocenters. The van der Waals surface area contributed by atoms with E-state index in [2.05, 4.69) is 55.2 Å². The van der Waals surface area contributed by atoms with Crippen molar-refractivity contribution in [3.63, 3.8) is 0 Å². The van der Waals surface area contributed by atoms with Gasteiger partial charge in [0.05, 0.1) is 0 Å². The maximum absolute atomic E-state index is 3.71. The molecular formula is C17H27NS. The van der Waals surface area contributed by atoms with E-state index in [1.807, 2.05) is 0 Å². The highest BCUT2D eigenvalue weighted by Gasteiger charge is 2.22. The SMILES string of the molecule is CCCNC(CCC)CCC1Cc2ccccc2S1. The van der Waals surface area contributed by atoms with Gasteiger partial charge in [0, 0.05) is 16.2 Å². The summed E-state index contributed by atoms with van der Waals surface area (Å²) in [5.74, 6) is 0. The molecule has 1 nitrogen and oxygen atoms in total. The molecule has 2 rings (SSSR count). The molecule has 2 heteroatoms. The molecule has 0 saturated heterocycles. The molecule has 2 unspecified atom stereocenters. The average Bonchev–Trinajstić information content (AvgIpc) is 2.84. The van der Waals surface area contributed by atoms with Gasteiger partial charge in [0.1, 0.15) is 0 Å². The zero-order valence-electron chi connectivity index (χ0n) is 12.3. The first-order chi connectivity index (χ1) is 9.33. The van der Waals surface area contributed by atoms with E-state index in [1.165, 1.54) is 50.0 Å². The molecule has 0 aromatic heterocycles. The smallest absolute Gasteiger partial charge is 0.0136 e. The summed E-state index contributed by atoms with van der Waals surface area (Å²) in [4.78, 5) is 1.51. The molecule has 106 valence electrons. The Labute approximate surface area is 122 Å². The number of fused-ring (bicyclic) bond motifs is 1. The van der Waals surface area contributed by atoms with E-state index >= 15 is 0 Å². The summed E-state index contributed by atoms with van der Waals surface area (Å²) in [5, 5.41) is 4.51. The van der Waals surface area contributed by atoms with Gasteiger partial charge < -0.3 is 5.32 Å². The molecule has 0 amide bonds. The highest BCUT2D eigenvalue weighted by molar-refractivity contribution is 8.00. The van der Waals surface area contributed by atoms with Gasteiger partial charge in [0.25, 0.3) is 0 Å². The minimum absolute atomic E-state index is 0.731. The van der Waals surface area contributed by atoms with E-state index in [9.17, 15) is 0 Å². The fourth-order valence-electron chi connectivity index (χ4n) is 2.85. The quantitative estimate of drug-likeness (QED) is 0.742. The number of hydrogen-bond acceptors (Lipinski definition) is 2. The monoisotopic (exact) mass is 277 g/mol. The Kier molecular flexibility index (Phi) is 6.25. The minimum atomic E-state index is 0.731. The maximum atomic E-state index is 3.71. The van der Waals surface area contributed by atoms with Crippen molar-refractivity contribution in [2.24, 2.45) is 0 Å². The Balaban J connectivity index is 1.76.